The molecule has 2 aromatic rings. The van der Waals surface area contributed by atoms with Gasteiger partial charge in [-0.25, -0.2) is 15.0 Å². The predicted octanol–water partition coefficient (Wildman–Crippen LogP) is 1.93. The van der Waals surface area contributed by atoms with Crippen molar-refractivity contribution in [3.05, 3.63) is 27.1 Å². The quantitative estimate of drug-likeness (QED) is 0.854. The summed E-state index contributed by atoms with van der Waals surface area (Å²) in [6, 6.07) is 0. The van der Waals surface area contributed by atoms with E-state index in [1.807, 2.05) is 6.92 Å². The summed E-state index contributed by atoms with van der Waals surface area (Å²) in [4.78, 5) is 23.9. The maximum absolute atomic E-state index is 11.8. The van der Waals surface area contributed by atoms with E-state index in [0.29, 0.717) is 27.3 Å². The Hall–Kier alpha value is -1.35. The lowest BCUT2D eigenvalue weighted by Gasteiger charge is -2.03. The number of aromatic amines is 1. The summed E-state index contributed by atoms with van der Waals surface area (Å²) >= 11 is 6.37. The second kappa shape index (κ2) is 5.53. The first kappa shape index (κ1) is 13.1. The summed E-state index contributed by atoms with van der Waals surface area (Å²) in [6.07, 6.45) is 2.16. The van der Waals surface area contributed by atoms with Crippen LogP contribution in [0.3, 0.4) is 0 Å². The molecule has 0 saturated carbocycles. The molecule has 0 radical (unpaired) electrons. The SMILES string of the molecule is CCc1nc(C(=O)Nc2ncc(Br)nc2Br)n[nH]1. The summed E-state index contributed by atoms with van der Waals surface area (Å²) in [7, 11) is 0. The van der Waals surface area contributed by atoms with Gasteiger partial charge in [0.2, 0.25) is 5.82 Å². The fraction of sp³-hybridized carbons (Fsp3) is 0.222. The number of halogens is 2. The Balaban J connectivity index is 2.16. The summed E-state index contributed by atoms with van der Waals surface area (Å²) < 4.78 is 0.995. The van der Waals surface area contributed by atoms with Gasteiger partial charge in [-0.2, -0.15) is 0 Å². The molecule has 94 valence electrons. The van der Waals surface area contributed by atoms with Gasteiger partial charge in [0.1, 0.15) is 15.0 Å². The van der Waals surface area contributed by atoms with E-state index in [9.17, 15) is 4.79 Å². The molecule has 0 saturated heterocycles. The molecule has 0 fully saturated rings. The number of hydrogen-bond acceptors (Lipinski definition) is 5. The summed E-state index contributed by atoms with van der Waals surface area (Å²) in [6.45, 7) is 1.92. The number of amides is 1. The van der Waals surface area contributed by atoms with Crippen LogP contribution in [0.15, 0.2) is 15.4 Å². The first-order chi connectivity index (χ1) is 8.60. The van der Waals surface area contributed by atoms with E-state index in [4.69, 9.17) is 0 Å². The number of H-pyrrole nitrogens is 1. The molecule has 18 heavy (non-hydrogen) atoms. The second-order valence-electron chi connectivity index (χ2n) is 3.25. The minimum absolute atomic E-state index is 0.0727. The lowest BCUT2D eigenvalue weighted by Crippen LogP contribution is -2.15. The molecule has 2 rings (SSSR count). The average molecular weight is 376 g/mol. The number of aromatic nitrogens is 5. The molecule has 9 heteroatoms. The molecule has 7 nitrogen and oxygen atoms in total. The number of nitrogens with one attached hydrogen (secondary N) is 2. The van der Waals surface area contributed by atoms with Crippen LogP contribution in [-0.4, -0.2) is 31.1 Å². The summed E-state index contributed by atoms with van der Waals surface area (Å²) in [5, 5.41) is 9.04. The Morgan fingerprint density at radius 1 is 1.44 bits per heavy atom. The number of anilines is 1. The third kappa shape index (κ3) is 2.91. The van der Waals surface area contributed by atoms with Gasteiger partial charge in [-0.05, 0) is 31.9 Å². The zero-order valence-corrected chi connectivity index (χ0v) is 12.4. The summed E-state index contributed by atoms with van der Waals surface area (Å²) in [5.41, 5.74) is 0. The fourth-order valence-electron chi connectivity index (χ4n) is 1.15. The molecule has 0 bridgehead atoms. The molecular weight excluding hydrogens is 368 g/mol. The van der Waals surface area contributed by atoms with Gasteiger partial charge in [0.15, 0.2) is 5.82 Å². The molecule has 2 N–H and O–H groups in total. The van der Waals surface area contributed by atoms with Crippen LogP contribution in [0.2, 0.25) is 0 Å². The van der Waals surface area contributed by atoms with Gasteiger partial charge in [-0.15, -0.1) is 5.10 Å². The maximum Gasteiger partial charge on any atom is 0.296 e. The molecule has 0 aliphatic carbocycles. The van der Waals surface area contributed by atoms with Gasteiger partial charge < -0.3 is 5.32 Å². The van der Waals surface area contributed by atoms with Crippen molar-refractivity contribution in [2.24, 2.45) is 0 Å². The molecular formula is C9H8Br2N6O. The monoisotopic (exact) mass is 374 g/mol. The lowest BCUT2D eigenvalue weighted by atomic mass is 10.4. The highest BCUT2D eigenvalue weighted by atomic mass is 79.9. The zero-order valence-electron chi connectivity index (χ0n) is 9.24. The smallest absolute Gasteiger partial charge is 0.296 e. The van der Waals surface area contributed by atoms with E-state index >= 15 is 0 Å². The minimum atomic E-state index is -0.441. The molecule has 0 aliphatic rings. The first-order valence-corrected chi connectivity index (χ1v) is 6.59. The van der Waals surface area contributed by atoms with Crippen molar-refractivity contribution >= 4 is 43.6 Å². The topological polar surface area (TPSA) is 96.5 Å². The first-order valence-electron chi connectivity index (χ1n) is 5.00. The van der Waals surface area contributed by atoms with Crippen LogP contribution in [0, 0.1) is 0 Å². The van der Waals surface area contributed by atoms with Crippen LogP contribution in [0.25, 0.3) is 0 Å². The summed E-state index contributed by atoms with van der Waals surface area (Å²) in [5.74, 6) is 0.596. The van der Waals surface area contributed by atoms with Gasteiger partial charge in [0.05, 0.1) is 6.20 Å². The fourth-order valence-corrected chi connectivity index (χ4v) is 2.06. The largest absolute Gasteiger partial charge is 0.301 e. The Morgan fingerprint density at radius 2 is 2.22 bits per heavy atom. The minimum Gasteiger partial charge on any atom is -0.301 e. The molecule has 0 aromatic carbocycles. The Labute approximate surface area is 119 Å². The van der Waals surface area contributed by atoms with Crippen LogP contribution >= 0.6 is 31.9 Å². The maximum atomic E-state index is 11.8. The Morgan fingerprint density at radius 3 is 2.83 bits per heavy atom. The van der Waals surface area contributed by atoms with E-state index in [0.717, 1.165) is 0 Å². The van der Waals surface area contributed by atoms with Crippen LogP contribution in [0.4, 0.5) is 5.82 Å². The van der Waals surface area contributed by atoms with Gasteiger partial charge in [0, 0.05) is 6.42 Å². The van der Waals surface area contributed by atoms with Crippen LogP contribution in [0.5, 0.6) is 0 Å². The van der Waals surface area contributed by atoms with Gasteiger partial charge in [-0.3, -0.25) is 9.89 Å². The molecule has 2 aromatic heterocycles. The second-order valence-corrected chi connectivity index (χ2v) is 4.81. The Kier molecular flexibility index (Phi) is 4.02. The van der Waals surface area contributed by atoms with Crippen molar-refractivity contribution in [1.29, 1.82) is 0 Å². The standard InChI is InChI=1S/C9H8Br2N6O/c1-2-5-14-8(17-16-5)9(18)15-7-6(11)13-4(10)3-12-7/h3H,2H2,1H3,(H,12,15,18)(H,14,16,17). The molecule has 0 spiro atoms. The number of aryl methyl sites for hydroxylation is 1. The number of nitrogens with zero attached hydrogens (tertiary/aromatic N) is 4. The van der Waals surface area contributed by atoms with Crippen molar-refractivity contribution in [1.82, 2.24) is 25.1 Å². The average Bonchev–Trinajstić information content (AvgIpc) is 2.81. The third-order valence-electron chi connectivity index (χ3n) is 2.00. The zero-order chi connectivity index (χ0) is 13.1. The van der Waals surface area contributed by atoms with Crippen LogP contribution < -0.4 is 5.32 Å². The van der Waals surface area contributed by atoms with Crippen molar-refractivity contribution in [3.63, 3.8) is 0 Å². The highest BCUT2D eigenvalue weighted by molar-refractivity contribution is 9.11. The normalized spacial score (nSPS) is 10.4. The third-order valence-corrected chi connectivity index (χ3v) is 2.94. The highest BCUT2D eigenvalue weighted by Gasteiger charge is 2.14. The Bertz CT molecular complexity index is 584. The molecule has 2 heterocycles. The van der Waals surface area contributed by atoms with E-state index in [-0.39, 0.29) is 5.82 Å². The number of carbonyl (C=O) groups is 1. The van der Waals surface area contributed by atoms with Crippen LogP contribution in [-0.2, 0) is 6.42 Å². The van der Waals surface area contributed by atoms with Gasteiger partial charge in [0.25, 0.3) is 5.91 Å². The van der Waals surface area contributed by atoms with Crippen LogP contribution in [0.1, 0.15) is 23.4 Å². The van der Waals surface area contributed by atoms with E-state index in [2.05, 4.69) is 62.3 Å². The number of hydrogen-bond donors (Lipinski definition) is 2. The van der Waals surface area contributed by atoms with Crippen molar-refractivity contribution in [2.45, 2.75) is 13.3 Å². The highest BCUT2D eigenvalue weighted by Crippen LogP contribution is 2.19. The molecule has 0 unspecified atom stereocenters. The molecule has 0 aliphatic heterocycles. The molecule has 1 amide bonds. The van der Waals surface area contributed by atoms with E-state index in [1.54, 1.807) is 0 Å². The number of carbonyl (C=O) groups excluding carboxylic acids is 1. The van der Waals surface area contributed by atoms with Gasteiger partial charge >= 0.3 is 0 Å². The molecule has 0 atom stereocenters. The van der Waals surface area contributed by atoms with Crippen molar-refractivity contribution in [2.75, 3.05) is 5.32 Å². The van der Waals surface area contributed by atoms with E-state index < -0.39 is 5.91 Å². The van der Waals surface area contributed by atoms with Crippen molar-refractivity contribution < 1.29 is 4.79 Å². The predicted molar refractivity (Wildman–Crippen MR) is 71.1 cm³/mol. The lowest BCUT2D eigenvalue weighted by molar-refractivity contribution is 0.101. The number of rotatable bonds is 3. The van der Waals surface area contributed by atoms with Crippen molar-refractivity contribution in [3.8, 4) is 0 Å². The van der Waals surface area contributed by atoms with Gasteiger partial charge in [-0.1, -0.05) is 6.92 Å². The van der Waals surface area contributed by atoms with E-state index in [1.165, 1.54) is 6.20 Å².